The number of nitrogens with one attached hydrogen (secondary N) is 1. The zero-order chi connectivity index (χ0) is 10.8. The number of anilines is 1. The fourth-order valence-corrected chi connectivity index (χ4v) is 2.21. The lowest BCUT2D eigenvalue weighted by atomic mass is 10.2. The maximum absolute atomic E-state index is 11.3. The van der Waals surface area contributed by atoms with Crippen LogP contribution >= 0.6 is 24.0 Å². The highest BCUT2D eigenvalue weighted by Crippen LogP contribution is 2.25. The number of nitrogen functional groups attached to an aromatic ring is 1. The zero-order valence-corrected chi connectivity index (χ0v) is 9.32. The van der Waals surface area contributed by atoms with Crippen molar-refractivity contribution in [1.82, 2.24) is 5.32 Å². The van der Waals surface area contributed by atoms with Crippen LogP contribution in [0.5, 0.6) is 0 Å². The summed E-state index contributed by atoms with van der Waals surface area (Å²) in [6.07, 6.45) is 1.79. The molecule has 15 heavy (non-hydrogen) atoms. The lowest BCUT2D eigenvalue weighted by Crippen LogP contribution is -2.17. The van der Waals surface area contributed by atoms with Crippen molar-refractivity contribution in [1.29, 1.82) is 0 Å². The van der Waals surface area contributed by atoms with Crippen molar-refractivity contribution in [3.63, 3.8) is 0 Å². The molecule has 0 bridgehead atoms. The van der Waals surface area contributed by atoms with E-state index in [0.717, 1.165) is 5.56 Å². The molecule has 1 saturated heterocycles. The minimum atomic E-state index is -0.137. The van der Waals surface area contributed by atoms with E-state index in [9.17, 15) is 4.79 Å². The first kappa shape index (κ1) is 10.2. The molecule has 0 radical (unpaired) electrons. The number of thiocarbonyl (C=S) groups is 1. The van der Waals surface area contributed by atoms with Gasteiger partial charge in [0.1, 0.15) is 4.32 Å². The normalized spacial score (nSPS) is 18.3. The average Bonchev–Trinajstić information content (AvgIpc) is 2.49. The molecule has 0 aromatic heterocycles. The molecule has 0 spiro atoms. The molecule has 0 atom stereocenters. The fraction of sp³-hybridized carbons (Fsp3) is 0. The average molecular weight is 236 g/mol. The van der Waals surface area contributed by atoms with Crippen molar-refractivity contribution in [3.8, 4) is 0 Å². The van der Waals surface area contributed by atoms with Crippen LogP contribution < -0.4 is 11.1 Å². The SMILES string of the molecule is Nc1ccc(/C=C2/SC(=S)NC2=O)cc1. The Kier molecular flexibility index (Phi) is 2.75. The van der Waals surface area contributed by atoms with E-state index >= 15 is 0 Å². The highest BCUT2D eigenvalue weighted by atomic mass is 32.2. The van der Waals surface area contributed by atoms with E-state index in [1.807, 2.05) is 12.1 Å². The van der Waals surface area contributed by atoms with Crippen LogP contribution in [0.3, 0.4) is 0 Å². The fourth-order valence-electron chi connectivity index (χ4n) is 1.16. The second kappa shape index (κ2) is 4.04. The van der Waals surface area contributed by atoms with Gasteiger partial charge in [0.2, 0.25) is 0 Å². The van der Waals surface area contributed by atoms with Crippen LogP contribution in [0.2, 0.25) is 0 Å². The van der Waals surface area contributed by atoms with Crippen LogP contribution in [0.1, 0.15) is 5.56 Å². The smallest absolute Gasteiger partial charge is 0.263 e. The molecule has 1 aliphatic heterocycles. The van der Waals surface area contributed by atoms with E-state index in [-0.39, 0.29) is 5.91 Å². The summed E-state index contributed by atoms with van der Waals surface area (Å²) in [5.74, 6) is -0.137. The number of amides is 1. The maximum atomic E-state index is 11.3. The minimum Gasteiger partial charge on any atom is -0.399 e. The number of thioether (sulfide) groups is 1. The van der Waals surface area contributed by atoms with Gasteiger partial charge in [0.25, 0.3) is 5.91 Å². The highest BCUT2D eigenvalue weighted by molar-refractivity contribution is 8.26. The Morgan fingerprint density at radius 3 is 2.53 bits per heavy atom. The van der Waals surface area contributed by atoms with E-state index < -0.39 is 0 Å². The quantitative estimate of drug-likeness (QED) is 0.443. The van der Waals surface area contributed by atoms with Gasteiger partial charge in [-0.3, -0.25) is 4.79 Å². The molecule has 0 aliphatic carbocycles. The Labute approximate surface area is 96.7 Å². The Balaban J connectivity index is 2.27. The molecule has 0 saturated carbocycles. The van der Waals surface area contributed by atoms with E-state index in [1.165, 1.54) is 11.8 Å². The van der Waals surface area contributed by atoms with Gasteiger partial charge in [-0.15, -0.1) is 0 Å². The van der Waals surface area contributed by atoms with Crippen LogP contribution in [0.15, 0.2) is 29.2 Å². The van der Waals surface area contributed by atoms with Crippen molar-refractivity contribution in [3.05, 3.63) is 34.7 Å². The van der Waals surface area contributed by atoms with Gasteiger partial charge in [-0.2, -0.15) is 0 Å². The van der Waals surface area contributed by atoms with Crippen LogP contribution in [0, 0.1) is 0 Å². The zero-order valence-electron chi connectivity index (χ0n) is 7.69. The largest absolute Gasteiger partial charge is 0.399 e. The summed E-state index contributed by atoms with van der Waals surface area (Å²) in [6.45, 7) is 0. The van der Waals surface area contributed by atoms with Gasteiger partial charge in [0, 0.05) is 5.69 Å². The molecule has 1 fully saturated rings. The molecule has 5 heteroatoms. The van der Waals surface area contributed by atoms with Gasteiger partial charge in [-0.05, 0) is 23.8 Å². The Bertz CT molecular complexity index is 451. The molecule has 1 aromatic rings. The first-order valence-corrected chi connectivity index (χ1v) is 5.48. The minimum absolute atomic E-state index is 0.137. The van der Waals surface area contributed by atoms with Gasteiger partial charge in [0.15, 0.2) is 0 Å². The van der Waals surface area contributed by atoms with Crippen LogP contribution in [-0.2, 0) is 4.79 Å². The monoisotopic (exact) mass is 236 g/mol. The Hall–Kier alpha value is -1.33. The number of carbonyl (C=O) groups excluding carboxylic acids is 1. The van der Waals surface area contributed by atoms with Gasteiger partial charge >= 0.3 is 0 Å². The van der Waals surface area contributed by atoms with Crippen molar-refractivity contribution < 1.29 is 4.79 Å². The molecule has 1 aliphatic rings. The molecular formula is C10H8N2OS2. The Morgan fingerprint density at radius 2 is 2.00 bits per heavy atom. The number of hydrogen-bond acceptors (Lipinski definition) is 4. The lowest BCUT2D eigenvalue weighted by molar-refractivity contribution is -0.115. The summed E-state index contributed by atoms with van der Waals surface area (Å²) in [5.41, 5.74) is 7.20. The number of rotatable bonds is 1. The van der Waals surface area contributed by atoms with Crippen LogP contribution in [0.4, 0.5) is 5.69 Å². The summed E-state index contributed by atoms with van der Waals surface area (Å²) in [7, 11) is 0. The maximum Gasteiger partial charge on any atom is 0.263 e. The van der Waals surface area contributed by atoms with Crippen molar-refractivity contribution in [2.45, 2.75) is 0 Å². The number of carbonyl (C=O) groups is 1. The molecule has 1 aromatic carbocycles. The molecule has 3 N–H and O–H groups in total. The van der Waals surface area contributed by atoms with E-state index in [1.54, 1.807) is 18.2 Å². The van der Waals surface area contributed by atoms with Crippen molar-refractivity contribution in [2.24, 2.45) is 0 Å². The highest BCUT2D eigenvalue weighted by Gasteiger charge is 2.21. The van der Waals surface area contributed by atoms with Crippen LogP contribution in [-0.4, -0.2) is 10.2 Å². The van der Waals surface area contributed by atoms with Crippen molar-refractivity contribution >= 4 is 46.0 Å². The molecule has 76 valence electrons. The predicted octanol–water partition coefficient (Wildman–Crippen LogP) is 1.76. The predicted molar refractivity (Wildman–Crippen MR) is 67.2 cm³/mol. The van der Waals surface area contributed by atoms with E-state index in [4.69, 9.17) is 18.0 Å². The summed E-state index contributed by atoms with van der Waals surface area (Å²) in [4.78, 5) is 12.0. The second-order valence-electron chi connectivity index (χ2n) is 3.02. The summed E-state index contributed by atoms with van der Waals surface area (Å²) < 4.78 is 0.502. The topological polar surface area (TPSA) is 55.1 Å². The van der Waals surface area contributed by atoms with Gasteiger partial charge in [-0.1, -0.05) is 36.1 Å². The van der Waals surface area contributed by atoms with Crippen LogP contribution in [0.25, 0.3) is 6.08 Å². The number of nitrogens with two attached hydrogens (primary N) is 1. The van der Waals surface area contributed by atoms with Crippen molar-refractivity contribution in [2.75, 3.05) is 5.73 Å². The van der Waals surface area contributed by atoms with E-state index in [2.05, 4.69) is 5.32 Å². The molecule has 1 amide bonds. The summed E-state index contributed by atoms with van der Waals surface area (Å²) >= 11 is 6.15. The molecule has 2 rings (SSSR count). The third kappa shape index (κ3) is 2.37. The lowest BCUT2D eigenvalue weighted by Gasteiger charge is -1.95. The van der Waals surface area contributed by atoms with Gasteiger partial charge in [-0.25, -0.2) is 0 Å². The second-order valence-corrected chi connectivity index (χ2v) is 4.74. The van der Waals surface area contributed by atoms with E-state index in [0.29, 0.717) is 14.9 Å². The summed E-state index contributed by atoms with van der Waals surface area (Å²) in [6, 6.07) is 7.31. The van der Waals surface area contributed by atoms with Gasteiger partial charge in [0.05, 0.1) is 4.91 Å². The first-order valence-electron chi connectivity index (χ1n) is 4.25. The molecular weight excluding hydrogens is 228 g/mol. The number of hydrogen-bond donors (Lipinski definition) is 2. The summed E-state index contributed by atoms with van der Waals surface area (Å²) in [5, 5.41) is 2.56. The van der Waals surface area contributed by atoms with Gasteiger partial charge < -0.3 is 11.1 Å². The third-order valence-corrected chi connectivity index (χ3v) is 3.04. The first-order chi connectivity index (χ1) is 7.15. The molecule has 1 heterocycles. The Morgan fingerprint density at radius 1 is 1.33 bits per heavy atom. The molecule has 0 unspecified atom stereocenters. The molecule has 3 nitrogen and oxygen atoms in total. The third-order valence-electron chi connectivity index (χ3n) is 1.88. The number of benzene rings is 1. The standard InChI is InChI=1S/C10H8N2OS2/c11-7-3-1-6(2-4-7)5-8-9(13)12-10(14)15-8/h1-5H,11H2,(H,12,13,14)/b8-5+.